The highest BCUT2D eigenvalue weighted by molar-refractivity contribution is 6.32. The van der Waals surface area contributed by atoms with Crippen molar-refractivity contribution >= 4 is 28.9 Å². The van der Waals surface area contributed by atoms with Gasteiger partial charge in [-0.25, -0.2) is 0 Å². The second-order valence-corrected chi connectivity index (χ2v) is 4.72. The van der Waals surface area contributed by atoms with E-state index in [1.54, 1.807) is 18.2 Å². The first kappa shape index (κ1) is 15.1. The summed E-state index contributed by atoms with van der Waals surface area (Å²) in [7, 11) is 0. The first-order valence-electron chi connectivity index (χ1n) is 5.76. The third kappa shape index (κ3) is 3.43. The Hall–Kier alpha value is -2.29. The Morgan fingerprint density at radius 2 is 2.00 bits per heavy atom. The van der Waals surface area contributed by atoms with Crippen molar-refractivity contribution in [2.75, 3.05) is 0 Å². The molecule has 5 nitrogen and oxygen atoms in total. The van der Waals surface area contributed by atoms with E-state index in [1.165, 1.54) is 18.2 Å². The van der Waals surface area contributed by atoms with E-state index in [0.29, 0.717) is 0 Å². The molecular weight excluding hydrogens is 315 g/mol. The number of nitro groups is 1. The van der Waals surface area contributed by atoms with Crippen LogP contribution in [0.1, 0.15) is 11.1 Å². The molecule has 0 fully saturated rings. The van der Waals surface area contributed by atoms with E-state index in [2.05, 4.69) is 0 Å². The molecule has 0 unspecified atom stereocenters. The Labute approximate surface area is 130 Å². The molecular formula is C14H8Cl2N2O3. The second kappa shape index (κ2) is 6.44. The van der Waals surface area contributed by atoms with Crippen LogP contribution in [0.2, 0.25) is 5.02 Å². The number of hydrogen-bond donors (Lipinski definition) is 0. The molecule has 0 aliphatic rings. The van der Waals surface area contributed by atoms with Crippen molar-refractivity contribution < 1.29 is 9.66 Å². The van der Waals surface area contributed by atoms with Crippen molar-refractivity contribution in [3.63, 3.8) is 0 Å². The van der Waals surface area contributed by atoms with Crippen molar-refractivity contribution in [2.24, 2.45) is 0 Å². The maximum atomic E-state index is 10.8. The van der Waals surface area contributed by atoms with E-state index in [1.807, 2.05) is 6.07 Å². The van der Waals surface area contributed by atoms with Crippen molar-refractivity contribution in [3.8, 4) is 17.6 Å². The van der Waals surface area contributed by atoms with Gasteiger partial charge >= 0.3 is 0 Å². The zero-order valence-electron chi connectivity index (χ0n) is 10.5. The number of halogens is 2. The van der Waals surface area contributed by atoms with Gasteiger partial charge in [-0.3, -0.25) is 10.1 Å². The standard InChI is InChI=1S/C14H8Cl2N2O3/c15-7-9-1-4-13(10(5-9)8-17)21-14-6-11(18(19)20)2-3-12(14)16/h1-6H,7H2. The Balaban J connectivity index is 2.40. The van der Waals surface area contributed by atoms with E-state index < -0.39 is 4.92 Å². The molecule has 0 spiro atoms. The Bertz CT molecular complexity index is 741. The summed E-state index contributed by atoms with van der Waals surface area (Å²) < 4.78 is 5.52. The van der Waals surface area contributed by atoms with Crippen LogP contribution >= 0.6 is 23.2 Å². The van der Waals surface area contributed by atoms with Gasteiger partial charge in [0.15, 0.2) is 5.75 Å². The number of nitriles is 1. The normalized spacial score (nSPS) is 9.95. The zero-order chi connectivity index (χ0) is 15.4. The summed E-state index contributed by atoms with van der Waals surface area (Å²) in [5.74, 6) is 0.641. The molecule has 2 aromatic carbocycles. The highest BCUT2D eigenvalue weighted by Gasteiger charge is 2.13. The predicted octanol–water partition coefficient (Wildman–Crippen LogP) is 4.65. The molecule has 0 bridgehead atoms. The van der Waals surface area contributed by atoms with Crippen LogP contribution in [0.4, 0.5) is 5.69 Å². The van der Waals surface area contributed by atoms with Gasteiger partial charge in [-0.15, -0.1) is 11.6 Å². The summed E-state index contributed by atoms with van der Waals surface area (Å²) in [5.41, 5.74) is 0.895. The van der Waals surface area contributed by atoms with Crippen LogP contribution in [0.25, 0.3) is 0 Å². The van der Waals surface area contributed by atoms with Crippen molar-refractivity contribution in [1.82, 2.24) is 0 Å². The van der Waals surface area contributed by atoms with E-state index in [-0.39, 0.29) is 33.7 Å². The molecule has 2 aromatic rings. The maximum Gasteiger partial charge on any atom is 0.273 e. The molecule has 0 atom stereocenters. The molecule has 106 valence electrons. The largest absolute Gasteiger partial charge is 0.454 e. The highest BCUT2D eigenvalue weighted by Crippen LogP contribution is 2.34. The lowest BCUT2D eigenvalue weighted by atomic mass is 10.1. The summed E-state index contributed by atoms with van der Waals surface area (Å²) in [5, 5.41) is 20.1. The van der Waals surface area contributed by atoms with E-state index in [9.17, 15) is 10.1 Å². The van der Waals surface area contributed by atoms with Crippen molar-refractivity contribution in [2.45, 2.75) is 5.88 Å². The number of nitro benzene ring substituents is 1. The van der Waals surface area contributed by atoms with Crippen LogP contribution < -0.4 is 4.74 Å². The average Bonchev–Trinajstić information content (AvgIpc) is 2.49. The number of alkyl halides is 1. The molecule has 0 amide bonds. The third-order valence-corrected chi connectivity index (χ3v) is 3.29. The SMILES string of the molecule is N#Cc1cc(CCl)ccc1Oc1cc([N+](=O)[O-])ccc1Cl. The smallest absolute Gasteiger partial charge is 0.273 e. The summed E-state index contributed by atoms with van der Waals surface area (Å²) in [6.45, 7) is 0. The fourth-order valence-corrected chi connectivity index (χ4v) is 1.96. The molecule has 0 aromatic heterocycles. The van der Waals surface area contributed by atoms with Gasteiger partial charge in [-0.1, -0.05) is 17.7 Å². The molecule has 0 saturated carbocycles. The lowest BCUT2D eigenvalue weighted by molar-refractivity contribution is -0.384. The van der Waals surface area contributed by atoms with Gasteiger partial charge in [0.25, 0.3) is 5.69 Å². The average molecular weight is 323 g/mol. The van der Waals surface area contributed by atoms with Crippen molar-refractivity contribution in [3.05, 3.63) is 62.7 Å². The van der Waals surface area contributed by atoms with Crippen LogP contribution in [0, 0.1) is 21.4 Å². The second-order valence-electron chi connectivity index (χ2n) is 4.05. The van der Waals surface area contributed by atoms with Gasteiger partial charge < -0.3 is 4.74 Å². The zero-order valence-corrected chi connectivity index (χ0v) is 12.1. The first-order valence-corrected chi connectivity index (χ1v) is 6.67. The molecule has 0 aliphatic carbocycles. The summed E-state index contributed by atoms with van der Waals surface area (Å²) in [6, 6.07) is 10.7. The van der Waals surface area contributed by atoms with Gasteiger partial charge in [-0.05, 0) is 23.8 Å². The van der Waals surface area contributed by atoms with Gasteiger partial charge in [0.05, 0.1) is 21.6 Å². The van der Waals surface area contributed by atoms with Gasteiger partial charge in [0, 0.05) is 11.9 Å². The minimum Gasteiger partial charge on any atom is -0.454 e. The van der Waals surface area contributed by atoms with E-state index in [4.69, 9.17) is 33.2 Å². The summed E-state index contributed by atoms with van der Waals surface area (Å²) >= 11 is 11.7. The minimum absolute atomic E-state index is 0.112. The lowest BCUT2D eigenvalue weighted by Gasteiger charge is -2.09. The molecule has 0 heterocycles. The van der Waals surface area contributed by atoms with Crippen LogP contribution in [-0.4, -0.2) is 4.92 Å². The number of non-ortho nitro benzene ring substituents is 1. The molecule has 2 rings (SSSR count). The fourth-order valence-electron chi connectivity index (χ4n) is 1.64. The highest BCUT2D eigenvalue weighted by atomic mass is 35.5. The van der Waals surface area contributed by atoms with Crippen LogP contribution in [0.5, 0.6) is 11.5 Å². The quantitative estimate of drug-likeness (QED) is 0.466. The molecule has 0 aliphatic heterocycles. The van der Waals surface area contributed by atoms with E-state index >= 15 is 0 Å². The Morgan fingerprint density at radius 3 is 2.62 bits per heavy atom. The van der Waals surface area contributed by atoms with E-state index in [0.717, 1.165) is 5.56 Å². The topological polar surface area (TPSA) is 76.2 Å². The Morgan fingerprint density at radius 1 is 1.24 bits per heavy atom. The number of hydrogen-bond acceptors (Lipinski definition) is 4. The Kier molecular flexibility index (Phi) is 4.63. The molecule has 7 heteroatoms. The van der Waals surface area contributed by atoms with Gasteiger partial charge in [0.2, 0.25) is 0 Å². The number of benzene rings is 2. The monoisotopic (exact) mass is 322 g/mol. The minimum atomic E-state index is -0.551. The summed E-state index contributed by atoms with van der Waals surface area (Å²) in [6.07, 6.45) is 0. The van der Waals surface area contributed by atoms with Crippen LogP contribution in [-0.2, 0) is 5.88 Å². The van der Waals surface area contributed by atoms with Crippen LogP contribution in [0.15, 0.2) is 36.4 Å². The van der Waals surface area contributed by atoms with Gasteiger partial charge in [0.1, 0.15) is 11.8 Å². The molecule has 0 saturated heterocycles. The third-order valence-electron chi connectivity index (χ3n) is 2.66. The number of rotatable bonds is 4. The molecule has 0 radical (unpaired) electrons. The van der Waals surface area contributed by atoms with Crippen molar-refractivity contribution in [1.29, 1.82) is 5.26 Å². The van der Waals surface area contributed by atoms with Gasteiger partial charge in [-0.2, -0.15) is 5.26 Å². The summed E-state index contributed by atoms with van der Waals surface area (Å²) in [4.78, 5) is 10.2. The number of nitrogens with zero attached hydrogens (tertiary/aromatic N) is 2. The maximum absolute atomic E-state index is 10.8. The molecule has 0 N–H and O–H groups in total. The predicted molar refractivity (Wildman–Crippen MR) is 78.9 cm³/mol. The lowest BCUT2D eigenvalue weighted by Crippen LogP contribution is -1.93. The first-order chi connectivity index (χ1) is 10.0. The van der Waals surface area contributed by atoms with Crippen LogP contribution in [0.3, 0.4) is 0 Å². The number of ether oxygens (including phenoxy) is 1. The fraction of sp³-hybridized carbons (Fsp3) is 0.0714. The molecule has 21 heavy (non-hydrogen) atoms.